The molecule has 0 saturated carbocycles. The minimum Gasteiger partial charge on any atom is -0.406 e. The highest BCUT2D eigenvalue weighted by atomic mass is 19.4. The van der Waals surface area contributed by atoms with Gasteiger partial charge >= 0.3 is 6.36 Å². The first-order valence-corrected chi connectivity index (χ1v) is 9.69. The fourth-order valence-electron chi connectivity index (χ4n) is 3.23. The molecule has 0 aliphatic rings. The van der Waals surface area contributed by atoms with E-state index in [4.69, 9.17) is 10.3 Å². The van der Waals surface area contributed by atoms with E-state index in [0.29, 0.717) is 22.4 Å². The Kier molecular flexibility index (Phi) is 6.00. The first-order chi connectivity index (χ1) is 16.2. The summed E-state index contributed by atoms with van der Waals surface area (Å²) in [5.74, 6) is -1.94. The van der Waals surface area contributed by atoms with Gasteiger partial charge in [0.2, 0.25) is 11.8 Å². The maximum absolute atomic E-state index is 12.8. The number of hydrogen-bond acceptors (Lipinski definition) is 6. The number of alkyl halides is 3. The van der Waals surface area contributed by atoms with Gasteiger partial charge in [-0.3, -0.25) is 19.9 Å². The Morgan fingerprint density at radius 1 is 0.971 bits per heavy atom. The number of ether oxygens (including phenoxy) is 1. The van der Waals surface area contributed by atoms with Crippen molar-refractivity contribution in [3.05, 3.63) is 84.2 Å². The van der Waals surface area contributed by atoms with E-state index in [2.05, 4.69) is 20.2 Å². The van der Waals surface area contributed by atoms with Crippen molar-refractivity contribution in [2.24, 2.45) is 5.73 Å². The fourth-order valence-corrected chi connectivity index (χ4v) is 3.23. The number of halogens is 3. The van der Waals surface area contributed by atoms with E-state index in [-0.39, 0.29) is 17.0 Å². The zero-order valence-electron chi connectivity index (χ0n) is 17.2. The molecule has 2 aromatic carbocycles. The van der Waals surface area contributed by atoms with Gasteiger partial charge in [-0.25, -0.2) is 0 Å². The molecule has 11 heteroatoms. The number of carbonyl (C=O) groups is 2. The van der Waals surface area contributed by atoms with Crippen LogP contribution in [0.2, 0.25) is 0 Å². The predicted octanol–water partition coefficient (Wildman–Crippen LogP) is 4.65. The average Bonchev–Trinajstić information content (AvgIpc) is 3.22. The molecule has 0 radical (unpaired) electrons. The van der Waals surface area contributed by atoms with Crippen LogP contribution < -0.4 is 15.8 Å². The van der Waals surface area contributed by atoms with Gasteiger partial charge in [-0.15, -0.1) is 13.2 Å². The number of benzene rings is 2. The quantitative estimate of drug-likeness (QED) is 0.425. The number of rotatable bonds is 6. The zero-order valence-corrected chi connectivity index (χ0v) is 17.2. The minimum absolute atomic E-state index is 0.0329. The van der Waals surface area contributed by atoms with Gasteiger partial charge in [0.05, 0.1) is 5.56 Å². The van der Waals surface area contributed by atoms with E-state index in [1.165, 1.54) is 18.5 Å². The molecule has 0 unspecified atom stereocenters. The Hall–Kier alpha value is -4.67. The third kappa shape index (κ3) is 4.88. The second-order valence-electron chi connectivity index (χ2n) is 6.91. The van der Waals surface area contributed by atoms with Crippen LogP contribution in [0, 0.1) is 0 Å². The molecular weight excluding hydrogens is 453 g/mol. The normalized spacial score (nSPS) is 11.1. The summed E-state index contributed by atoms with van der Waals surface area (Å²) >= 11 is 0. The van der Waals surface area contributed by atoms with Gasteiger partial charge in [0, 0.05) is 34.6 Å². The predicted molar refractivity (Wildman–Crippen MR) is 115 cm³/mol. The van der Waals surface area contributed by atoms with Crippen LogP contribution in [0.3, 0.4) is 0 Å². The molecule has 0 saturated heterocycles. The van der Waals surface area contributed by atoms with Gasteiger partial charge in [0.1, 0.15) is 11.4 Å². The Morgan fingerprint density at radius 2 is 1.65 bits per heavy atom. The summed E-state index contributed by atoms with van der Waals surface area (Å²) in [6.07, 6.45) is -1.77. The van der Waals surface area contributed by atoms with Crippen LogP contribution in [0.4, 0.5) is 19.1 Å². The molecule has 8 nitrogen and oxygen atoms in total. The molecule has 3 N–H and O–H groups in total. The summed E-state index contributed by atoms with van der Waals surface area (Å²) < 4.78 is 46.3. The van der Waals surface area contributed by atoms with Crippen molar-refractivity contribution in [3.8, 4) is 28.1 Å². The Balaban J connectivity index is 1.73. The number of nitrogens with one attached hydrogen (secondary N) is 1. The Morgan fingerprint density at radius 3 is 2.29 bits per heavy atom. The first-order valence-electron chi connectivity index (χ1n) is 9.69. The lowest BCUT2D eigenvalue weighted by Gasteiger charge is -2.10. The highest BCUT2D eigenvalue weighted by molar-refractivity contribution is 6.08. The first kappa shape index (κ1) is 22.5. The maximum Gasteiger partial charge on any atom is 0.573 e. The van der Waals surface area contributed by atoms with Crippen LogP contribution in [-0.4, -0.2) is 28.3 Å². The molecule has 0 fully saturated rings. The molecule has 2 amide bonds. The summed E-state index contributed by atoms with van der Waals surface area (Å²) in [5, 5.41) is 6.60. The van der Waals surface area contributed by atoms with Crippen LogP contribution in [0.5, 0.6) is 5.75 Å². The second kappa shape index (κ2) is 9.06. The monoisotopic (exact) mass is 468 g/mol. The maximum atomic E-state index is 12.8. The van der Waals surface area contributed by atoms with E-state index in [1.807, 2.05) is 0 Å². The molecular formula is C23H15F3N4O4. The molecule has 172 valence electrons. The molecule has 2 aromatic heterocycles. The van der Waals surface area contributed by atoms with Crippen molar-refractivity contribution in [2.75, 3.05) is 5.32 Å². The van der Waals surface area contributed by atoms with E-state index in [0.717, 1.165) is 24.3 Å². The van der Waals surface area contributed by atoms with Crippen LogP contribution in [0.1, 0.15) is 20.7 Å². The van der Waals surface area contributed by atoms with Crippen molar-refractivity contribution < 1.29 is 32.0 Å². The molecule has 0 bridgehead atoms. The number of aromatic nitrogens is 2. The molecule has 4 aromatic rings. The third-order valence-electron chi connectivity index (χ3n) is 4.68. The van der Waals surface area contributed by atoms with Gasteiger partial charge in [-0.1, -0.05) is 23.4 Å². The van der Waals surface area contributed by atoms with E-state index >= 15 is 0 Å². The van der Waals surface area contributed by atoms with Crippen molar-refractivity contribution in [3.63, 3.8) is 0 Å². The van der Waals surface area contributed by atoms with Gasteiger partial charge in [0.25, 0.3) is 5.91 Å². The van der Waals surface area contributed by atoms with E-state index in [9.17, 15) is 22.8 Å². The summed E-state index contributed by atoms with van der Waals surface area (Å²) in [6, 6.07) is 14.1. The molecule has 0 aliphatic carbocycles. The average molecular weight is 468 g/mol. The lowest BCUT2D eigenvalue weighted by atomic mass is 9.96. The fraction of sp³-hybridized carbons (Fsp3) is 0.0435. The largest absolute Gasteiger partial charge is 0.573 e. The lowest BCUT2D eigenvalue weighted by molar-refractivity contribution is -0.274. The number of carbonyl (C=O) groups excluding carboxylic acids is 2. The molecule has 0 aliphatic heterocycles. The summed E-state index contributed by atoms with van der Waals surface area (Å²) in [5.41, 5.74) is 7.32. The topological polar surface area (TPSA) is 120 Å². The SMILES string of the molecule is NC(=O)c1ccccc1-c1c(-c2ccncc2)noc1NC(=O)c1ccc(OC(F)(F)F)cc1. The summed E-state index contributed by atoms with van der Waals surface area (Å²) in [7, 11) is 0. The molecule has 0 atom stereocenters. The molecule has 4 rings (SSSR count). The van der Waals surface area contributed by atoms with Crippen LogP contribution in [0.25, 0.3) is 22.4 Å². The number of nitrogens with zero attached hydrogens (tertiary/aromatic N) is 2. The van der Waals surface area contributed by atoms with E-state index in [1.54, 1.807) is 30.3 Å². The number of anilines is 1. The van der Waals surface area contributed by atoms with Gasteiger partial charge in [-0.05, 0) is 42.5 Å². The van der Waals surface area contributed by atoms with Crippen molar-refractivity contribution >= 4 is 17.7 Å². The van der Waals surface area contributed by atoms with Crippen molar-refractivity contribution in [2.45, 2.75) is 6.36 Å². The molecule has 0 spiro atoms. The van der Waals surface area contributed by atoms with Gasteiger partial charge in [-0.2, -0.15) is 0 Å². The molecule has 34 heavy (non-hydrogen) atoms. The summed E-state index contributed by atoms with van der Waals surface area (Å²) in [4.78, 5) is 28.8. The number of pyridine rings is 1. The molecule has 2 heterocycles. The standard InChI is InChI=1S/C23H15F3N4O4/c24-23(25,26)33-15-7-5-14(6-8-15)21(32)29-22-18(16-3-1-2-4-17(16)20(27)31)19(30-34-22)13-9-11-28-12-10-13/h1-12H,(H2,27,31)(H,29,32). The van der Waals surface area contributed by atoms with Crippen LogP contribution in [0.15, 0.2) is 77.6 Å². The number of amides is 2. The van der Waals surface area contributed by atoms with E-state index < -0.39 is 23.9 Å². The third-order valence-corrected chi connectivity index (χ3v) is 4.68. The highest BCUT2D eigenvalue weighted by Crippen LogP contribution is 2.39. The van der Waals surface area contributed by atoms with Crippen molar-refractivity contribution in [1.29, 1.82) is 0 Å². The second-order valence-corrected chi connectivity index (χ2v) is 6.91. The number of hydrogen-bond donors (Lipinski definition) is 2. The minimum atomic E-state index is -4.85. The highest BCUT2D eigenvalue weighted by Gasteiger charge is 2.31. The van der Waals surface area contributed by atoms with Gasteiger partial charge < -0.3 is 15.0 Å². The Labute approximate surface area is 190 Å². The smallest absolute Gasteiger partial charge is 0.406 e. The van der Waals surface area contributed by atoms with Crippen molar-refractivity contribution in [1.82, 2.24) is 10.1 Å². The number of nitrogens with two attached hydrogens (primary N) is 1. The van der Waals surface area contributed by atoms with Gasteiger partial charge in [0.15, 0.2) is 0 Å². The number of primary amides is 1. The summed E-state index contributed by atoms with van der Waals surface area (Å²) in [6.45, 7) is 0. The Bertz CT molecular complexity index is 1340. The zero-order chi connectivity index (χ0) is 24.3. The van der Waals surface area contributed by atoms with Crippen LogP contribution in [-0.2, 0) is 0 Å². The lowest BCUT2D eigenvalue weighted by Crippen LogP contribution is -2.17. The van der Waals surface area contributed by atoms with Crippen LogP contribution >= 0.6 is 0 Å².